The minimum absolute atomic E-state index is 0.0876. The van der Waals surface area contributed by atoms with E-state index in [-0.39, 0.29) is 11.9 Å². The van der Waals surface area contributed by atoms with Crippen LogP contribution in [0.4, 0.5) is 0 Å². The van der Waals surface area contributed by atoms with Gasteiger partial charge in [0.25, 0.3) is 0 Å². The quantitative estimate of drug-likeness (QED) is 0.827. The van der Waals surface area contributed by atoms with E-state index < -0.39 is 0 Å². The number of morpholine rings is 1. The van der Waals surface area contributed by atoms with Crippen molar-refractivity contribution in [3.05, 3.63) is 35.4 Å². The zero-order valence-electron chi connectivity index (χ0n) is 15.3. The van der Waals surface area contributed by atoms with E-state index in [0.717, 1.165) is 25.6 Å². The van der Waals surface area contributed by atoms with Gasteiger partial charge < -0.3 is 15.4 Å². The van der Waals surface area contributed by atoms with Crippen LogP contribution in [0.25, 0.3) is 0 Å². The molecule has 5 heteroatoms. The number of likely N-dealkylation sites (tertiary alicyclic amines) is 1. The molecule has 0 bridgehead atoms. The molecular formula is C20H31N3O2. The molecule has 1 unspecified atom stereocenters. The number of rotatable bonds is 6. The number of hydrogen-bond acceptors (Lipinski definition) is 4. The normalized spacial score (nSPS) is 22.7. The molecule has 1 amide bonds. The van der Waals surface area contributed by atoms with Gasteiger partial charge in [0.15, 0.2) is 0 Å². The number of benzene rings is 1. The van der Waals surface area contributed by atoms with Crippen LogP contribution in [0.1, 0.15) is 37.3 Å². The summed E-state index contributed by atoms with van der Waals surface area (Å²) in [5.41, 5.74) is 2.55. The van der Waals surface area contributed by atoms with Crippen LogP contribution in [0.15, 0.2) is 24.3 Å². The van der Waals surface area contributed by atoms with Gasteiger partial charge in [-0.1, -0.05) is 31.2 Å². The first kappa shape index (κ1) is 18.4. The van der Waals surface area contributed by atoms with E-state index >= 15 is 0 Å². The van der Waals surface area contributed by atoms with E-state index in [1.54, 1.807) is 0 Å². The van der Waals surface area contributed by atoms with Crippen LogP contribution in [0, 0.1) is 5.92 Å². The lowest BCUT2D eigenvalue weighted by molar-refractivity contribution is -0.122. The Labute approximate surface area is 151 Å². The highest BCUT2D eigenvalue weighted by Crippen LogP contribution is 2.19. The zero-order chi connectivity index (χ0) is 17.5. The number of nitrogens with one attached hydrogen (secondary N) is 2. The van der Waals surface area contributed by atoms with Gasteiger partial charge in [-0.3, -0.25) is 9.69 Å². The molecule has 25 heavy (non-hydrogen) atoms. The fraction of sp³-hybridized carbons (Fsp3) is 0.650. The lowest BCUT2D eigenvalue weighted by atomic mass is 9.98. The van der Waals surface area contributed by atoms with Crippen molar-refractivity contribution in [2.75, 3.05) is 32.8 Å². The Balaban J connectivity index is 1.49. The van der Waals surface area contributed by atoms with Crippen LogP contribution in [0.2, 0.25) is 0 Å². The zero-order valence-corrected chi connectivity index (χ0v) is 15.3. The predicted molar refractivity (Wildman–Crippen MR) is 99.2 cm³/mol. The van der Waals surface area contributed by atoms with E-state index in [4.69, 9.17) is 4.74 Å². The average Bonchev–Trinajstić information content (AvgIpc) is 2.64. The second-order valence-electron chi connectivity index (χ2n) is 7.43. The summed E-state index contributed by atoms with van der Waals surface area (Å²) in [6, 6.07) is 8.61. The summed E-state index contributed by atoms with van der Waals surface area (Å²) in [4.78, 5) is 14.7. The molecule has 0 aromatic heterocycles. The minimum Gasteiger partial charge on any atom is -0.378 e. The van der Waals surface area contributed by atoms with Gasteiger partial charge in [0.2, 0.25) is 5.91 Å². The average molecular weight is 345 g/mol. The Morgan fingerprint density at radius 3 is 2.76 bits per heavy atom. The van der Waals surface area contributed by atoms with Crippen molar-refractivity contribution in [2.24, 2.45) is 5.92 Å². The Bertz CT molecular complexity index is 550. The Morgan fingerprint density at radius 2 is 2.04 bits per heavy atom. The molecule has 2 heterocycles. The molecule has 2 fully saturated rings. The van der Waals surface area contributed by atoms with Gasteiger partial charge in [0, 0.05) is 32.1 Å². The largest absolute Gasteiger partial charge is 0.378 e. The third-order valence-corrected chi connectivity index (χ3v) is 5.29. The van der Waals surface area contributed by atoms with Crippen LogP contribution in [-0.2, 0) is 22.6 Å². The molecule has 2 N–H and O–H groups in total. The summed E-state index contributed by atoms with van der Waals surface area (Å²) < 4.78 is 5.41. The molecule has 1 aromatic carbocycles. The van der Waals surface area contributed by atoms with Gasteiger partial charge in [-0.25, -0.2) is 0 Å². The second-order valence-corrected chi connectivity index (χ2v) is 7.43. The molecule has 0 aliphatic carbocycles. The molecule has 138 valence electrons. The Kier molecular flexibility index (Phi) is 6.84. The van der Waals surface area contributed by atoms with Crippen molar-refractivity contribution in [2.45, 2.75) is 45.3 Å². The monoisotopic (exact) mass is 345 g/mol. The first-order valence-corrected chi connectivity index (χ1v) is 9.57. The van der Waals surface area contributed by atoms with E-state index in [0.29, 0.717) is 19.6 Å². The van der Waals surface area contributed by atoms with E-state index in [1.165, 1.54) is 37.1 Å². The molecular weight excluding hydrogens is 314 g/mol. The topological polar surface area (TPSA) is 53.6 Å². The number of carbonyl (C=O) groups is 1. The molecule has 0 radical (unpaired) electrons. The number of ether oxygens (including phenoxy) is 1. The predicted octanol–water partition coefficient (Wildman–Crippen LogP) is 1.91. The highest BCUT2D eigenvalue weighted by Gasteiger charge is 2.18. The Morgan fingerprint density at radius 1 is 1.28 bits per heavy atom. The Hall–Kier alpha value is -1.43. The molecule has 0 spiro atoms. The summed E-state index contributed by atoms with van der Waals surface area (Å²) in [5, 5.41) is 6.40. The first-order valence-electron chi connectivity index (χ1n) is 9.57. The third-order valence-electron chi connectivity index (χ3n) is 5.29. The molecule has 1 atom stereocenters. The van der Waals surface area contributed by atoms with Crippen molar-refractivity contribution >= 4 is 5.91 Å². The lowest BCUT2D eigenvalue weighted by Gasteiger charge is -2.30. The van der Waals surface area contributed by atoms with Gasteiger partial charge >= 0.3 is 0 Å². The van der Waals surface area contributed by atoms with Crippen LogP contribution in [0.3, 0.4) is 0 Å². The summed E-state index contributed by atoms with van der Waals surface area (Å²) >= 11 is 0. The summed E-state index contributed by atoms with van der Waals surface area (Å²) in [5.74, 6) is 0.938. The van der Waals surface area contributed by atoms with Gasteiger partial charge in [-0.05, 0) is 43.0 Å². The third kappa shape index (κ3) is 5.80. The fourth-order valence-corrected chi connectivity index (χ4v) is 3.59. The van der Waals surface area contributed by atoms with Crippen molar-refractivity contribution in [3.63, 3.8) is 0 Å². The van der Waals surface area contributed by atoms with E-state index in [2.05, 4.69) is 46.7 Å². The SMILES string of the molecule is CC1CCN(Cc2ccccc2CNC(=O)CC2COCCN2)CC1. The van der Waals surface area contributed by atoms with Gasteiger partial charge in [-0.15, -0.1) is 0 Å². The van der Waals surface area contributed by atoms with Crippen LogP contribution < -0.4 is 10.6 Å². The van der Waals surface area contributed by atoms with Crippen molar-refractivity contribution in [1.29, 1.82) is 0 Å². The molecule has 1 aromatic rings. The fourth-order valence-electron chi connectivity index (χ4n) is 3.59. The maximum absolute atomic E-state index is 12.2. The van der Waals surface area contributed by atoms with Crippen molar-refractivity contribution in [3.8, 4) is 0 Å². The number of nitrogens with zero attached hydrogens (tertiary/aromatic N) is 1. The highest BCUT2D eigenvalue weighted by molar-refractivity contribution is 5.76. The summed E-state index contributed by atoms with van der Waals surface area (Å²) in [7, 11) is 0. The van der Waals surface area contributed by atoms with Gasteiger partial charge in [-0.2, -0.15) is 0 Å². The molecule has 2 aliphatic rings. The standard InChI is InChI=1S/C20H31N3O2/c1-16-6-9-23(10-7-16)14-18-5-3-2-4-17(18)13-22-20(24)12-19-15-25-11-8-21-19/h2-5,16,19,21H,6-15H2,1H3,(H,22,24). The van der Waals surface area contributed by atoms with Crippen molar-refractivity contribution in [1.82, 2.24) is 15.5 Å². The van der Waals surface area contributed by atoms with Gasteiger partial charge in [0.1, 0.15) is 0 Å². The molecule has 2 saturated heterocycles. The lowest BCUT2D eigenvalue weighted by Crippen LogP contribution is -2.44. The molecule has 0 saturated carbocycles. The molecule has 3 rings (SSSR count). The number of amides is 1. The van der Waals surface area contributed by atoms with Crippen LogP contribution >= 0.6 is 0 Å². The second kappa shape index (κ2) is 9.32. The van der Waals surface area contributed by atoms with Gasteiger partial charge in [0.05, 0.1) is 13.2 Å². The number of hydrogen-bond donors (Lipinski definition) is 2. The number of carbonyl (C=O) groups excluding carboxylic acids is 1. The summed E-state index contributed by atoms with van der Waals surface area (Å²) in [6.07, 6.45) is 3.05. The van der Waals surface area contributed by atoms with Crippen LogP contribution in [-0.4, -0.2) is 49.7 Å². The van der Waals surface area contributed by atoms with E-state index in [9.17, 15) is 4.79 Å². The van der Waals surface area contributed by atoms with Crippen molar-refractivity contribution < 1.29 is 9.53 Å². The summed E-state index contributed by atoms with van der Waals surface area (Å²) in [6.45, 7) is 8.47. The highest BCUT2D eigenvalue weighted by atomic mass is 16.5. The number of piperidine rings is 1. The maximum Gasteiger partial charge on any atom is 0.221 e. The smallest absolute Gasteiger partial charge is 0.221 e. The minimum atomic E-state index is 0.0876. The van der Waals surface area contributed by atoms with E-state index in [1.807, 2.05) is 0 Å². The molecule has 5 nitrogen and oxygen atoms in total. The maximum atomic E-state index is 12.2. The van der Waals surface area contributed by atoms with Crippen LogP contribution in [0.5, 0.6) is 0 Å². The first-order chi connectivity index (χ1) is 12.2. The molecule has 2 aliphatic heterocycles.